The Morgan fingerprint density at radius 2 is 1.85 bits per heavy atom. The van der Waals surface area contributed by atoms with Crippen molar-refractivity contribution in [3.63, 3.8) is 0 Å². The SMILES string of the molecule is Cc1c(Cl)cccc1C(O)c1ccc2c(c1)OCCO2. The van der Waals surface area contributed by atoms with Crippen LogP contribution < -0.4 is 9.47 Å². The van der Waals surface area contributed by atoms with Gasteiger partial charge in [0.05, 0.1) is 0 Å². The van der Waals surface area contributed by atoms with Gasteiger partial charge in [-0.15, -0.1) is 0 Å². The number of ether oxygens (including phenoxy) is 2. The highest BCUT2D eigenvalue weighted by molar-refractivity contribution is 6.31. The molecule has 0 fully saturated rings. The lowest BCUT2D eigenvalue weighted by atomic mass is 9.97. The molecule has 0 saturated carbocycles. The van der Waals surface area contributed by atoms with Crippen LogP contribution in [0.25, 0.3) is 0 Å². The summed E-state index contributed by atoms with van der Waals surface area (Å²) in [7, 11) is 0. The van der Waals surface area contributed by atoms with Crippen molar-refractivity contribution in [3.8, 4) is 11.5 Å². The van der Waals surface area contributed by atoms with Crippen molar-refractivity contribution in [1.29, 1.82) is 0 Å². The highest BCUT2D eigenvalue weighted by Crippen LogP contribution is 2.35. The van der Waals surface area contributed by atoms with E-state index in [0.29, 0.717) is 24.0 Å². The van der Waals surface area contributed by atoms with Crippen LogP contribution >= 0.6 is 11.6 Å². The van der Waals surface area contributed by atoms with Gasteiger partial charge in [-0.25, -0.2) is 0 Å². The van der Waals surface area contributed by atoms with Crippen molar-refractivity contribution in [2.24, 2.45) is 0 Å². The molecular weight excluding hydrogens is 276 g/mol. The first kappa shape index (κ1) is 13.3. The molecule has 0 aromatic heterocycles. The molecule has 1 unspecified atom stereocenters. The zero-order chi connectivity index (χ0) is 14.1. The lowest BCUT2D eigenvalue weighted by Crippen LogP contribution is -2.15. The second-order valence-electron chi connectivity index (χ2n) is 4.76. The molecule has 1 atom stereocenters. The van der Waals surface area contributed by atoms with Gasteiger partial charge in [-0.1, -0.05) is 29.8 Å². The quantitative estimate of drug-likeness (QED) is 0.920. The van der Waals surface area contributed by atoms with E-state index in [-0.39, 0.29) is 0 Å². The molecule has 2 aromatic carbocycles. The molecule has 0 aliphatic carbocycles. The van der Waals surface area contributed by atoms with Gasteiger partial charge in [0.1, 0.15) is 19.3 Å². The Morgan fingerprint density at radius 1 is 1.10 bits per heavy atom. The average molecular weight is 291 g/mol. The minimum atomic E-state index is -0.732. The molecule has 0 bridgehead atoms. The Hall–Kier alpha value is -1.71. The van der Waals surface area contributed by atoms with E-state index in [1.807, 2.05) is 43.3 Å². The molecule has 4 heteroatoms. The third kappa shape index (κ3) is 2.35. The van der Waals surface area contributed by atoms with Crippen LogP contribution in [0, 0.1) is 6.92 Å². The first-order valence-electron chi connectivity index (χ1n) is 6.49. The van der Waals surface area contributed by atoms with E-state index >= 15 is 0 Å². The Labute approximate surface area is 122 Å². The minimum Gasteiger partial charge on any atom is -0.486 e. The molecule has 1 heterocycles. The summed E-state index contributed by atoms with van der Waals surface area (Å²) in [5, 5.41) is 11.2. The van der Waals surface area contributed by atoms with Crippen LogP contribution in [0.4, 0.5) is 0 Å². The van der Waals surface area contributed by atoms with Crippen LogP contribution in [-0.2, 0) is 0 Å². The van der Waals surface area contributed by atoms with Crippen molar-refractivity contribution < 1.29 is 14.6 Å². The Morgan fingerprint density at radius 3 is 2.65 bits per heavy atom. The highest BCUT2D eigenvalue weighted by Gasteiger charge is 2.18. The first-order chi connectivity index (χ1) is 9.66. The fourth-order valence-electron chi connectivity index (χ4n) is 2.33. The van der Waals surface area contributed by atoms with E-state index in [1.165, 1.54) is 0 Å². The summed E-state index contributed by atoms with van der Waals surface area (Å²) < 4.78 is 11.0. The summed E-state index contributed by atoms with van der Waals surface area (Å²) in [6.45, 7) is 2.99. The Kier molecular flexibility index (Phi) is 3.55. The molecule has 0 spiro atoms. The van der Waals surface area contributed by atoms with Crippen molar-refractivity contribution >= 4 is 11.6 Å². The van der Waals surface area contributed by atoms with Crippen LogP contribution in [0.2, 0.25) is 5.02 Å². The van der Waals surface area contributed by atoms with E-state index < -0.39 is 6.10 Å². The maximum Gasteiger partial charge on any atom is 0.161 e. The summed E-state index contributed by atoms with van der Waals surface area (Å²) in [4.78, 5) is 0. The maximum absolute atomic E-state index is 10.5. The monoisotopic (exact) mass is 290 g/mol. The minimum absolute atomic E-state index is 0.530. The summed E-state index contributed by atoms with van der Waals surface area (Å²) in [5.74, 6) is 1.39. The van der Waals surface area contributed by atoms with Gasteiger partial charge in [-0.2, -0.15) is 0 Å². The molecule has 2 aromatic rings. The number of hydrogen-bond acceptors (Lipinski definition) is 3. The van der Waals surface area contributed by atoms with Gasteiger partial charge in [0.2, 0.25) is 0 Å². The van der Waals surface area contributed by atoms with Crippen molar-refractivity contribution in [3.05, 3.63) is 58.1 Å². The number of hydrogen-bond donors (Lipinski definition) is 1. The Bertz CT molecular complexity index is 640. The number of halogens is 1. The standard InChI is InChI=1S/C16H15ClO3/c1-10-12(3-2-4-13(10)17)16(18)11-5-6-14-15(9-11)20-8-7-19-14/h2-6,9,16,18H,7-8H2,1H3. The molecule has 3 nitrogen and oxygen atoms in total. The molecule has 3 rings (SSSR count). The molecule has 0 radical (unpaired) electrons. The third-order valence-corrected chi connectivity index (χ3v) is 3.90. The zero-order valence-electron chi connectivity index (χ0n) is 11.1. The maximum atomic E-state index is 10.5. The molecule has 0 amide bonds. The summed E-state index contributed by atoms with van der Waals surface area (Å²) in [5.41, 5.74) is 2.45. The van der Waals surface area contributed by atoms with E-state index in [0.717, 1.165) is 22.4 Å². The largest absolute Gasteiger partial charge is 0.486 e. The van der Waals surface area contributed by atoms with Crippen LogP contribution in [0.5, 0.6) is 11.5 Å². The molecule has 1 N–H and O–H groups in total. The lowest BCUT2D eigenvalue weighted by molar-refractivity contribution is 0.169. The van der Waals surface area contributed by atoms with Gasteiger partial charge in [0.25, 0.3) is 0 Å². The smallest absolute Gasteiger partial charge is 0.161 e. The Balaban J connectivity index is 1.98. The topological polar surface area (TPSA) is 38.7 Å². The normalized spacial score (nSPS) is 14.9. The molecule has 104 valence electrons. The zero-order valence-corrected chi connectivity index (χ0v) is 11.9. The number of aliphatic hydroxyl groups excluding tert-OH is 1. The molecule has 20 heavy (non-hydrogen) atoms. The number of benzene rings is 2. The van der Waals surface area contributed by atoms with Crippen LogP contribution in [0.3, 0.4) is 0 Å². The molecule has 0 saturated heterocycles. The predicted octanol–water partition coefficient (Wildman–Crippen LogP) is 3.50. The van der Waals surface area contributed by atoms with Gasteiger partial charge in [-0.05, 0) is 41.8 Å². The van der Waals surface area contributed by atoms with Crippen molar-refractivity contribution in [1.82, 2.24) is 0 Å². The summed E-state index contributed by atoms with van der Waals surface area (Å²) in [6.07, 6.45) is -0.732. The highest BCUT2D eigenvalue weighted by atomic mass is 35.5. The molecular formula is C16H15ClO3. The van der Waals surface area contributed by atoms with Crippen LogP contribution in [0.1, 0.15) is 22.8 Å². The van der Waals surface area contributed by atoms with E-state index in [1.54, 1.807) is 0 Å². The second-order valence-corrected chi connectivity index (χ2v) is 5.17. The summed E-state index contributed by atoms with van der Waals surface area (Å²) >= 11 is 6.10. The molecule has 1 aliphatic rings. The number of aliphatic hydroxyl groups is 1. The van der Waals surface area contributed by atoms with Gasteiger partial charge < -0.3 is 14.6 Å². The third-order valence-electron chi connectivity index (χ3n) is 3.49. The van der Waals surface area contributed by atoms with Crippen molar-refractivity contribution in [2.75, 3.05) is 13.2 Å². The average Bonchev–Trinajstić information content (AvgIpc) is 2.49. The fraction of sp³-hybridized carbons (Fsp3) is 0.250. The van der Waals surface area contributed by atoms with E-state index in [9.17, 15) is 5.11 Å². The van der Waals surface area contributed by atoms with Gasteiger partial charge >= 0.3 is 0 Å². The summed E-state index contributed by atoms with van der Waals surface area (Å²) in [6, 6.07) is 11.0. The van der Waals surface area contributed by atoms with Gasteiger partial charge in [-0.3, -0.25) is 0 Å². The first-order valence-corrected chi connectivity index (χ1v) is 6.87. The molecule has 1 aliphatic heterocycles. The predicted molar refractivity (Wildman–Crippen MR) is 77.7 cm³/mol. The van der Waals surface area contributed by atoms with Gasteiger partial charge in [0, 0.05) is 5.02 Å². The fourth-order valence-corrected chi connectivity index (χ4v) is 2.51. The van der Waals surface area contributed by atoms with Gasteiger partial charge in [0.15, 0.2) is 11.5 Å². The van der Waals surface area contributed by atoms with Crippen LogP contribution in [0.15, 0.2) is 36.4 Å². The van der Waals surface area contributed by atoms with E-state index in [4.69, 9.17) is 21.1 Å². The lowest BCUT2D eigenvalue weighted by Gasteiger charge is -2.21. The van der Waals surface area contributed by atoms with Crippen LogP contribution in [-0.4, -0.2) is 18.3 Å². The number of fused-ring (bicyclic) bond motifs is 1. The van der Waals surface area contributed by atoms with Crippen molar-refractivity contribution in [2.45, 2.75) is 13.0 Å². The van der Waals surface area contributed by atoms with E-state index in [2.05, 4.69) is 0 Å². The second kappa shape index (κ2) is 5.35. The number of rotatable bonds is 2.